The van der Waals surface area contributed by atoms with Gasteiger partial charge in [0, 0.05) is 6.54 Å². The number of hydrogen-bond acceptors (Lipinski definition) is 2. The summed E-state index contributed by atoms with van der Waals surface area (Å²) < 4.78 is 7.02. The van der Waals surface area contributed by atoms with E-state index >= 15 is 0 Å². The summed E-state index contributed by atoms with van der Waals surface area (Å²) in [6.45, 7) is 2.65. The minimum absolute atomic E-state index is 0.576. The van der Waals surface area contributed by atoms with Gasteiger partial charge in [0.25, 0.3) is 0 Å². The van der Waals surface area contributed by atoms with Gasteiger partial charge in [-0.3, -0.25) is 0 Å². The van der Waals surface area contributed by atoms with Gasteiger partial charge in [-0.25, -0.2) is 0 Å². The summed E-state index contributed by atoms with van der Waals surface area (Å²) in [4.78, 5) is 0. The first kappa shape index (κ1) is 11.0. The Hall–Kier alpha value is -0.0600. The highest BCUT2D eigenvalue weighted by Gasteiger charge is 2.03. The van der Waals surface area contributed by atoms with E-state index in [0.717, 1.165) is 16.7 Å². The molecule has 2 N–H and O–H groups in total. The molecule has 13 heavy (non-hydrogen) atoms. The lowest BCUT2D eigenvalue weighted by Crippen LogP contribution is -2.01. The van der Waals surface area contributed by atoms with Gasteiger partial charge in [0.05, 0.1) is 4.47 Å². The van der Waals surface area contributed by atoms with Crippen molar-refractivity contribution in [1.29, 1.82) is 0 Å². The molecule has 2 nitrogen and oxygen atoms in total. The smallest absolute Gasteiger partial charge is 0.184 e. The lowest BCUT2D eigenvalue weighted by atomic mass is 10.2. The molecule has 0 aromatic carbocycles. The van der Waals surface area contributed by atoms with Gasteiger partial charge in [0.2, 0.25) is 0 Å². The Bertz CT molecular complexity index is 292. The standard InChI is InChI=1S/C9H11Br2NO/c1-2-6(5-12)3-7-4-8(10)9(11)13-7/h3-4H,2,5,12H2,1H3/b6-3+. The van der Waals surface area contributed by atoms with Crippen LogP contribution in [0.25, 0.3) is 6.08 Å². The topological polar surface area (TPSA) is 39.2 Å². The van der Waals surface area contributed by atoms with Gasteiger partial charge >= 0.3 is 0 Å². The Balaban J connectivity index is 2.89. The summed E-state index contributed by atoms with van der Waals surface area (Å²) >= 11 is 6.62. The molecule has 1 aromatic heterocycles. The third kappa shape index (κ3) is 2.97. The average molecular weight is 309 g/mol. The first-order valence-electron chi connectivity index (χ1n) is 4.01. The van der Waals surface area contributed by atoms with Crippen LogP contribution in [0.4, 0.5) is 0 Å². The van der Waals surface area contributed by atoms with E-state index in [1.807, 2.05) is 12.1 Å². The third-order valence-corrected chi connectivity index (χ3v) is 3.44. The SMILES string of the molecule is CC/C(=C\c1cc(Br)c(Br)o1)CN. The summed E-state index contributed by atoms with van der Waals surface area (Å²) in [5.74, 6) is 0.820. The Morgan fingerprint density at radius 2 is 2.31 bits per heavy atom. The molecule has 1 rings (SSSR count). The molecule has 0 fully saturated rings. The van der Waals surface area contributed by atoms with Crippen molar-refractivity contribution in [3.05, 3.63) is 26.5 Å². The summed E-state index contributed by atoms with van der Waals surface area (Å²) in [6.07, 6.45) is 2.92. The van der Waals surface area contributed by atoms with Gasteiger partial charge in [-0.2, -0.15) is 0 Å². The van der Waals surface area contributed by atoms with E-state index < -0.39 is 0 Å². The molecule has 0 aliphatic carbocycles. The maximum Gasteiger partial charge on any atom is 0.184 e. The molecule has 0 radical (unpaired) electrons. The normalized spacial score (nSPS) is 12.2. The number of nitrogens with two attached hydrogens (primary N) is 1. The van der Waals surface area contributed by atoms with Gasteiger partial charge in [0.15, 0.2) is 4.67 Å². The minimum Gasteiger partial charge on any atom is -0.449 e. The summed E-state index contributed by atoms with van der Waals surface area (Å²) in [6, 6.07) is 1.91. The molecule has 72 valence electrons. The van der Waals surface area contributed by atoms with Crippen LogP contribution >= 0.6 is 31.9 Å². The maximum absolute atomic E-state index is 5.54. The molecule has 1 heterocycles. The third-order valence-electron chi connectivity index (χ3n) is 1.73. The van der Waals surface area contributed by atoms with Crippen molar-refractivity contribution in [3.8, 4) is 0 Å². The molecule has 0 atom stereocenters. The Labute approximate surface area is 94.4 Å². The average Bonchev–Trinajstić information content (AvgIpc) is 2.42. The highest BCUT2D eigenvalue weighted by Crippen LogP contribution is 2.27. The van der Waals surface area contributed by atoms with Crippen LogP contribution in [-0.4, -0.2) is 6.54 Å². The second-order valence-electron chi connectivity index (χ2n) is 2.63. The molecule has 0 saturated heterocycles. The molecular formula is C9H11Br2NO. The zero-order valence-electron chi connectivity index (χ0n) is 7.31. The predicted octanol–water partition coefficient (Wildman–Crippen LogP) is 3.56. The lowest BCUT2D eigenvalue weighted by Gasteiger charge is -1.96. The van der Waals surface area contributed by atoms with Gasteiger partial charge < -0.3 is 10.2 Å². The highest BCUT2D eigenvalue weighted by molar-refractivity contribution is 9.13. The maximum atomic E-state index is 5.54. The van der Waals surface area contributed by atoms with Gasteiger partial charge in [-0.1, -0.05) is 12.5 Å². The second kappa shape index (κ2) is 4.98. The fraction of sp³-hybridized carbons (Fsp3) is 0.333. The van der Waals surface area contributed by atoms with E-state index in [2.05, 4.69) is 38.8 Å². The van der Waals surface area contributed by atoms with Crippen LogP contribution < -0.4 is 5.73 Å². The molecule has 0 unspecified atom stereocenters. The van der Waals surface area contributed by atoms with Crippen LogP contribution in [0.2, 0.25) is 0 Å². The van der Waals surface area contributed by atoms with Crippen LogP contribution in [0.1, 0.15) is 19.1 Å². The van der Waals surface area contributed by atoms with E-state index in [9.17, 15) is 0 Å². The quantitative estimate of drug-likeness (QED) is 0.927. The summed E-state index contributed by atoms with van der Waals surface area (Å²) in [5.41, 5.74) is 6.72. The fourth-order valence-corrected chi connectivity index (χ4v) is 1.55. The van der Waals surface area contributed by atoms with Crippen molar-refractivity contribution >= 4 is 37.9 Å². The van der Waals surface area contributed by atoms with Crippen LogP contribution in [0, 0.1) is 0 Å². The van der Waals surface area contributed by atoms with Crippen molar-refractivity contribution in [2.75, 3.05) is 6.54 Å². The first-order valence-corrected chi connectivity index (χ1v) is 5.60. The highest BCUT2D eigenvalue weighted by atomic mass is 79.9. The molecule has 0 saturated carbocycles. The van der Waals surface area contributed by atoms with Gasteiger partial charge in [-0.15, -0.1) is 0 Å². The number of hydrogen-bond donors (Lipinski definition) is 1. The van der Waals surface area contributed by atoms with Crippen molar-refractivity contribution in [3.63, 3.8) is 0 Å². The minimum atomic E-state index is 0.576. The molecule has 0 bridgehead atoms. The summed E-state index contributed by atoms with van der Waals surface area (Å²) in [7, 11) is 0. The van der Waals surface area contributed by atoms with Crippen molar-refractivity contribution < 1.29 is 4.42 Å². The number of halogens is 2. The van der Waals surface area contributed by atoms with Crippen LogP contribution in [0.5, 0.6) is 0 Å². The van der Waals surface area contributed by atoms with E-state index in [-0.39, 0.29) is 0 Å². The lowest BCUT2D eigenvalue weighted by molar-refractivity contribution is 0.529. The van der Waals surface area contributed by atoms with Gasteiger partial charge in [-0.05, 0) is 50.4 Å². The van der Waals surface area contributed by atoms with Crippen molar-refractivity contribution in [2.45, 2.75) is 13.3 Å². The van der Waals surface area contributed by atoms with Gasteiger partial charge in [0.1, 0.15) is 5.76 Å². The predicted molar refractivity (Wildman–Crippen MR) is 61.4 cm³/mol. The second-order valence-corrected chi connectivity index (χ2v) is 4.21. The van der Waals surface area contributed by atoms with E-state index in [4.69, 9.17) is 10.2 Å². The van der Waals surface area contributed by atoms with Crippen molar-refractivity contribution in [1.82, 2.24) is 0 Å². The Morgan fingerprint density at radius 3 is 2.69 bits per heavy atom. The molecule has 4 heteroatoms. The molecule has 0 aliphatic rings. The van der Waals surface area contributed by atoms with Crippen LogP contribution in [-0.2, 0) is 0 Å². The fourth-order valence-electron chi connectivity index (χ4n) is 0.941. The Kier molecular flexibility index (Phi) is 4.22. The molecule has 0 amide bonds. The molecule has 0 aliphatic heterocycles. The zero-order valence-corrected chi connectivity index (χ0v) is 10.5. The monoisotopic (exact) mass is 307 g/mol. The van der Waals surface area contributed by atoms with Crippen LogP contribution in [0.3, 0.4) is 0 Å². The molecule has 0 spiro atoms. The van der Waals surface area contributed by atoms with E-state index in [0.29, 0.717) is 11.2 Å². The van der Waals surface area contributed by atoms with Crippen LogP contribution in [0.15, 0.2) is 25.2 Å². The van der Waals surface area contributed by atoms with E-state index in [1.54, 1.807) is 0 Å². The number of rotatable bonds is 3. The zero-order chi connectivity index (χ0) is 9.84. The molecule has 1 aromatic rings. The number of furan rings is 1. The van der Waals surface area contributed by atoms with E-state index in [1.165, 1.54) is 5.57 Å². The summed E-state index contributed by atoms with van der Waals surface area (Å²) in [5, 5.41) is 0. The molecular weight excluding hydrogens is 298 g/mol. The van der Waals surface area contributed by atoms with Crippen molar-refractivity contribution in [2.24, 2.45) is 5.73 Å². The Morgan fingerprint density at radius 1 is 1.62 bits per heavy atom. The first-order chi connectivity index (χ1) is 6.17. The largest absolute Gasteiger partial charge is 0.449 e.